The lowest BCUT2D eigenvalue weighted by molar-refractivity contribution is -0.144. The van der Waals surface area contributed by atoms with Crippen molar-refractivity contribution in [2.24, 2.45) is 23.5 Å². The van der Waals surface area contributed by atoms with Crippen molar-refractivity contribution in [3.05, 3.63) is 0 Å². The molecule has 0 spiro atoms. The Morgan fingerprint density at radius 1 is 1.12 bits per heavy atom. The molecule has 2 fully saturated rings. The van der Waals surface area contributed by atoms with Crippen molar-refractivity contribution in [3.8, 4) is 0 Å². The van der Waals surface area contributed by atoms with Crippen molar-refractivity contribution in [2.75, 3.05) is 6.54 Å². The van der Waals surface area contributed by atoms with Gasteiger partial charge in [-0.2, -0.15) is 0 Å². The largest absolute Gasteiger partial charge is 0.330 e. The third-order valence-electron chi connectivity index (χ3n) is 4.51. The Balaban J connectivity index is 2.20. The van der Waals surface area contributed by atoms with Crippen LogP contribution in [0.5, 0.6) is 0 Å². The number of amides is 2. The number of imide groups is 1. The van der Waals surface area contributed by atoms with Crippen molar-refractivity contribution in [2.45, 2.75) is 45.6 Å². The molecule has 2 N–H and O–H groups in total. The van der Waals surface area contributed by atoms with Gasteiger partial charge in [0.25, 0.3) is 0 Å². The summed E-state index contributed by atoms with van der Waals surface area (Å²) in [5, 5.41) is 0. The molecule has 0 aromatic carbocycles. The quantitative estimate of drug-likeness (QED) is 0.734. The first kappa shape index (κ1) is 12.6. The van der Waals surface area contributed by atoms with Gasteiger partial charge >= 0.3 is 0 Å². The minimum Gasteiger partial charge on any atom is -0.330 e. The normalized spacial score (nSPS) is 38.9. The molecule has 2 amide bonds. The second-order valence-corrected chi connectivity index (χ2v) is 5.47. The summed E-state index contributed by atoms with van der Waals surface area (Å²) in [6, 6.07) is 0.0566. The molecule has 4 unspecified atom stereocenters. The standard InChI is InChI=1S/C13H22N2O2/c1-8-9(2)13(17)15(12(8)16)11-6-4-3-5-10(11)7-14/h8-11H,3-7,14H2,1-2H3. The van der Waals surface area contributed by atoms with E-state index in [1.807, 2.05) is 13.8 Å². The van der Waals surface area contributed by atoms with Crippen molar-refractivity contribution in [1.29, 1.82) is 0 Å². The maximum absolute atomic E-state index is 12.2. The zero-order valence-electron chi connectivity index (χ0n) is 10.7. The van der Waals surface area contributed by atoms with Gasteiger partial charge in [0.15, 0.2) is 0 Å². The minimum absolute atomic E-state index is 0.00727. The highest BCUT2D eigenvalue weighted by atomic mass is 16.2. The SMILES string of the molecule is CC1C(=O)N(C2CCCCC2CN)C(=O)C1C. The number of likely N-dealkylation sites (tertiary alicyclic amines) is 1. The second kappa shape index (κ2) is 4.77. The molecule has 1 aliphatic carbocycles. The number of nitrogens with zero attached hydrogens (tertiary/aromatic N) is 1. The Morgan fingerprint density at radius 2 is 1.65 bits per heavy atom. The summed E-state index contributed by atoms with van der Waals surface area (Å²) in [6.45, 7) is 4.28. The van der Waals surface area contributed by atoms with Gasteiger partial charge in [0.05, 0.1) is 0 Å². The van der Waals surface area contributed by atoms with Crippen LogP contribution in [-0.4, -0.2) is 29.3 Å². The van der Waals surface area contributed by atoms with Crippen molar-refractivity contribution in [3.63, 3.8) is 0 Å². The zero-order chi connectivity index (χ0) is 12.6. The van der Waals surface area contributed by atoms with Gasteiger partial charge in [-0.15, -0.1) is 0 Å². The highest BCUT2D eigenvalue weighted by molar-refractivity contribution is 6.05. The zero-order valence-corrected chi connectivity index (χ0v) is 10.7. The van der Waals surface area contributed by atoms with Crippen molar-refractivity contribution < 1.29 is 9.59 Å². The molecule has 1 aliphatic heterocycles. The molecule has 17 heavy (non-hydrogen) atoms. The third kappa shape index (κ3) is 1.99. The fourth-order valence-corrected chi connectivity index (χ4v) is 3.10. The van der Waals surface area contributed by atoms with Gasteiger partial charge in [-0.1, -0.05) is 26.7 Å². The summed E-state index contributed by atoms with van der Waals surface area (Å²) < 4.78 is 0. The Morgan fingerprint density at radius 3 is 2.18 bits per heavy atom. The van der Waals surface area contributed by atoms with E-state index in [0.717, 1.165) is 19.3 Å². The molecule has 0 aromatic heterocycles. The molecule has 4 nitrogen and oxygen atoms in total. The van der Waals surface area contributed by atoms with Crippen LogP contribution in [0.3, 0.4) is 0 Å². The molecule has 0 radical (unpaired) electrons. The number of hydrogen-bond donors (Lipinski definition) is 1. The first-order valence-corrected chi connectivity index (χ1v) is 6.65. The van der Waals surface area contributed by atoms with Crippen LogP contribution in [0.1, 0.15) is 39.5 Å². The second-order valence-electron chi connectivity index (χ2n) is 5.47. The van der Waals surface area contributed by atoms with Crippen LogP contribution >= 0.6 is 0 Å². The highest BCUT2D eigenvalue weighted by Gasteiger charge is 2.47. The van der Waals surface area contributed by atoms with E-state index in [2.05, 4.69) is 0 Å². The molecule has 4 atom stereocenters. The van der Waals surface area contributed by atoms with Gasteiger partial charge in [-0.3, -0.25) is 14.5 Å². The maximum Gasteiger partial charge on any atom is 0.233 e. The van der Waals surface area contributed by atoms with E-state index < -0.39 is 0 Å². The fourth-order valence-electron chi connectivity index (χ4n) is 3.10. The fraction of sp³-hybridized carbons (Fsp3) is 0.846. The van der Waals surface area contributed by atoms with Gasteiger partial charge < -0.3 is 5.73 Å². The van der Waals surface area contributed by atoms with E-state index in [1.54, 1.807) is 0 Å². The van der Waals surface area contributed by atoms with Crippen molar-refractivity contribution >= 4 is 11.8 Å². The average molecular weight is 238 g/mol. The molecule has 1 saturated carbocycles. The number of nitrogens with two attached hydrogens (primary N) is 1. The number of carbonyl (C=O) groups is 2. The van der Waals surface area contributed by atoms with E-state index in [0.29, 0.717) is 12.5 Å². The van der Waals surface area contributed by atoms with Gasteiger partial charge in [0, 0.05) is 17.9 Å². The molecule has 0 bridgehead atoms. The van der Waals surface area contributed by atoms with E-state index in [1.165, 1.54) is 11.3 Å². The topological polar surface area (TPSA) is 63.4 Å². The Labute approximate surface area is 103 Å². The van der Waals surface area contributed by atoms with Gasteiger partial charge in [0.1, 0.15) is 0 Å². The Bertz CT molecular complexity index is 309. The Hall–Kier alpha value is -0.900. The van der Waals surface area contributed by atoms with Gasteiger partial charge in [-0.25, -0.2) is 0 Å². The first-order chi connectivity index (χ1) is 8.07. The number of carbonyl (C=O) groups excluding carboxylic acids is 2. The van der Waals surface area contributed by atoms with E-state index in [9.17, 15) is 9.59 Å². The summed E-state index contributed by atoms with van der Waals surface area (Å²) in [5.41, 5.74) is 5.77. The summed E-state index contributed by atoms with van der Waals surface area (Å²) in [5.74, 6) is -0.0134. The molecule has 0 aromatic rings. The summed E-state index contributed by atoms with van der Waals surface area (Å²) >= 11 is 0. The third-order valence-corrected chi connectivity index (χ3v) is 4.51. The van der Waals surface area contributed by atoms with Gasteiger partial charge in [0.2, 0.25) is 11.8 Å². The lowest BCUT2D eigenvalue weighted by atomic mass is 9.83. The van der Waals surface area contributed by atoms with E-state index in [4.69, 9.17) is 5.73 Å². The summed E-state index contributed by atoms with van der Waals surface area (Å²) in [7, 11) is 0. The smallest absolute Gasteiger partial charge is 0.233 e. The molecule has 1 heterocycles. The van der Waals surface area contributed by atoms with Crippen LogP contribution in [0.25, 0.3) is 0 Å². The van der Waals surface area contributed by atoms with Crippen LogP contribution in [0.4, 0.5) is 0 Å². The Kier molecular flexibility index (Phi) is 3.52. The van der Waals surface area contributed by atoms with E-state index >= 15 is 0 Å². The van der Waals surface area contributed by atoms with Crippen LogP contribution in [0.2, 0.25) is 0 Å². The molecule has 2 aliphatic rings. The van der Waals surface area contributed by atoms with Crippen molar-refractivity contribution in [1.82, 2.24) is 4.90 Å². The molecular formula is C13H22N2O2. The lowest BCUT2D eigenvalue weighted by Gasteiger charge is -2.36. The molecule has 96 valence electrons. The van der Waals surface area contributed by atoms with Crippen LogP contribution < -0.4 is 5.73 Å². The maximum atomic E-state index is 12.2. The van der Waals surface area contributed by atoms with Crippen LogP contribution in [0.15, 0.2) is 0 Å². The van der Waals surface area contributed by atoms with Crippen LogP contribution in [-0.2, 0) is 9.59 Å². The lowest BCUT2D eigenvalue weighted by Crippen LogP contribution is -2.48. The predicted octanol–water partition coefficient (Wildman–Crippen LogP) is 1.14. The first-order valence-electron chi connectivity index (χ1n) is 6.65. The number of hydrogen-bond acceptors (Lipinski definition) is 3. The monoisotopic (exact) mass is 238 g/mol. The molecule has 4 heteroatoms. The highest BCUT2D eigenvalue weighted by Crippen LogP contribution is 2.34. The summed E-state index contributed by atoms with van der Waals surface area (Å²) in [6.07, 6.45) is 4.24. The number of rotatable bonds is 2. The molecular weight excluding hydrogens is 216 g/mol. The van der Waals surface area contributed by atoms with Crippen LogP contribution in [0, 0.1) is 17.8 Å². The minimum atomic E-state index is -0.164. The molecule has 1 saturated heterocycles. The average Bonchev–Trinajstić information content (AvgIpc) is 2.54. The van der Waals surface area contributed by atoms with E-state index in [-0.39, 0.29) is 29.7 Å². The van der Waals surface area contributed by atoms with Gasteiger partial charge in [-0.05, 0) is 25.3 Å². The predicted molar refractivity (Wildman–Crippen MR) is 65.0 cm³/mol. The molecule has 2 rings (SSSR count). The summed E-state index contributed by atoms with van der Waals surface area (Å²) in [4.78, 5) is 25.8.